The SMILES string of the molecule is CCOC(=O)[C@@H]1[C@H](C#N)[C@@H](C#N)[C@H]2N(Cc3ccccc3)CCN12. The van der Waals surface area contributed by atoms with Crippen molar-refractivity contribution in [1.29, 1.82) is 10.5 Å². The van der Waals surface area contributed by atoms with E-state index in [0.29, 0.717) is 13.1 Å². The van der Waals surface area contributed by atoms with Gasteiger partial charge >= 0.3 is 5.97 Å². The maximum absolute atomic E-state index is 12.3. The minimum absolute atomic E-state index is 0.214. The second kappa shape index (κ2) is 7.00. The van der Waals surface area contributed by atoms with Crippen molar-refractivity contribution >= 4 is 5.97 Å². The molecule has 2 heterocycles. The Morgan fingerprint density at radius 3 is 2.54 bits per heavy atom. The molecule has 6 heteroatoms. The Morgan fingerprint density at radius 2 is 1.92 bits per heavy atom. The van der Waals surface area contributed by atoms with Crippen LogP contribution in [0.25, 0.3) is 0 Å². The lowest BCUT2D eigenvalue weighted by Crippen LogP contribution is -2.43. The van der Waals surface area contributed by atoms with Crippen molar-refractivity contribution in [2.45, 2.75) is 25.7 Å². The van der Waals surface area contributed by atoms with Crippen LogP contribution in [0.5, 0.6) is 0 Å². The zero-order chi connectivity index (χ0) is 17.1. The number of ether oxygens (including phenoxy) is 1. The number of fused-ring (bicyclic) bond motifs is 1. The first kappa shape index (κ1) is 16.4. The van der Waals surface area contributed by atoms with Gasteiger partial charge in [0.25, 0.3) is 0 Å². The van der Waals surface area contributed by atoms with Crippen molar-refractivity contribution in [3.8, 4) is 12.1 Å². The second-order valence-corrected chi connectivity index (χ2v) is 6.11. The molecule has 0 aromatic heterocycles. The van der Waals surface area contributed by atoms with Crippen LogP contribution in [0.1, 0.15) is 12.5 Å². The van der Waals surface area contributed by atoms with E-state index in [1.165, 1.54) is 0 Å². The third-order valence-corrected chi connectivity index (χ3v) is 4.82. The summed E-state index contributed by atoms with van der Waals surface area (Å²) in [7, 11) is 0. The fourth-order valence-electron chi connectivity index (χ4n) is 3.84. The number of nitriles is 2. The molecular weight excluding hydrogens is 304 g/mol. The van der Waals surface area contributed by atoms with Crippen LogP contribution >= 0.6 is 0 Å². The highest BCUT2D eigenvalue weighted by Crippen LogP contribution is 2.40. The van der Waals surface area contributed by atoms with Crippen LogP contribution in [0, 0.1) is 34.5 Å². The van der Waals surface area contributed by atoms with Crippen molar-refractivity contribution < 1.29 is 9.53 Å². The maximum atomic E-state index is 12.3. The van der Waals surface area contributed by atoms with Crippen LogP contribution in [-0.2, 0) is 16.1 Å². The van der Waals surface area contributed by atoms with Gasteiger partial charge in [-0.2, -0.15) is 10.5 Å². The molecule has 1 aromatic carbocycles. The average Bonchev–Trinajstić information content (AvgIpc) is 3.13. The molecule has 2 fully saturated rings. The lowest BCUT2D eigenvalue weighted by molar-refractivity contribution is -0.149. The molecule has 0 amide bonds. The molecule has 0 spiro atoms. The largest absolute Gasteiger partial charge is 0.465 e. The summed E-state index contributed by atoms with van der Waals surface area (Å²) in [6.45, 7) is 4.16. The molecule has 4 atom stereocenters. The number of carbonyl (C=O) groups is 1. The first-order valence-corrected chi connectivity index (χ1v) is 8.20. The molecule has 0 bridgehead atoms. The van der Waals surface area contributed by atoms with Crippen LogP contribution in [0.3, 0.4) is 0 Å². The second-order valence-electron chi connectivity index (χ2n) is 6.11. The van der Waals surface area contributed by atoms with Gasteiger partial charge in [0.15, 0.2) is 0 Å². The highest BCUT2D eigenvalue weighted by Gasteiger charge is 2.57. The van der Waals surface area contributed by atoms with Crippen molar-refractivity contribution in [3.63, 3.8) is 0 Å². The van der Waals surface area contributed by atoms with Crippen LogP contribution < -0.4 is 0 Å². The van der Waals surface area contributed by atoms with E-state index in [9.17, 15) is 15.3 Å². The highest BCUT2D eigenvalue weighted by atomic mass is 16.5. The summed E-state index contributed by atoms with van der Waals surface area (Å²) in [6, 6.07) is 13.8. The maximum Gasteiger partial charge on any atom is 0.324 e. The molecule has 2 aliphatic rings. The number of benzene rings is 1. The van der Waals surface area contributed by atoms with E-state index in [2.05, 4.69) is 17.0 Å². The Bertz CT molecular complexity index is 678. The number of hydrogen-bond acceptors (Lipinski definition) is 6. The average molecular weight is 324 g/mol. The quantitative estimate of drug-likeness (QED) is 0.778. The zero-order valence-electron chi connectivity index (χ0n) is 13.6. The van der Waals surface area contributed by atoms with Crippen LogP contribution in [0.2, 0.25) is 0 Å². The van der Waals surface area contributed by atoms with Gasteiger partial charge in [-0.1, -0.05) is 30.3 Å². The van der Waals surface area contributed by atoms with E-state index >= 15 is 0 Å². The topological polar surface area (TPSA) is 80.4 Å². The summed E-state index contributed by atoms with van der Waals surface area (Å²) < 4.78 is 5.15. The number of carbonyl (C=O) groups excluding carboxylic acids is 1. The highest BCUT2D eigenvalue weighted by molar-refractivity contribution is 5.77. The third kappa shape index (κ3) is 2.75. The van der Waals surface area contributed by atoms with Crippen LogP contribution in [0.4, 0.5) is 0 Å². The fourth-order valence-corrected chi connectivity index (χ4v) is 3.84. The van der Waals surface area contributed by atoms with Crippen LogP contribution in [0.15, 0.2) is 30.3 Å². The Morgan fingerprint density at radius 1 is 1.21 bits per heavy atom. The molecule has 2 aliphatic heterocycles. The number of hydrogen-bond donors (Lipinski definition) is 0. The molecule has 6 nitrogen and oxygen atoms in total. The lowest BCUT2D eigenvalue weighted by Gasteiger charge is -2.27. The Kier molecular flexibility index (Phi) is 4.80. The predicted molar refractivity (Wildman–Crippen MR) is 86.0 cm³/mol. The number of nitrogens with zero attached hydrogens (tertiary/aromatic N) is 4. The number of esters is 1. The van der Waals surface area contributed by atoms with E-state index < -0.39 is 23.8 Å². The van der Waals surface area contributed by atoms with Gasteiger partial charge in [0.2, 0.25) is 0 Å². The number of rotatable bonds is 4. The van der Waals surface area contributed by atoms with Crippen molar-refractivity contribution in [2.75, 3.05) is 19.7 Å². The minimum atomic E-state index is -0.655. The Balaban J connectivity index is 1.86. The van der Waals surface area contributed by atoms with Gasteiger partial charge in [0.05, 0.1) is 36.7 Å². The lowest BCUT2D eigenvalue weighted by atomic mass is 9.91. The normalized spacial score (nSPS) is 29.6. The smallest absolute Gasteiger partial charge is 0.324 e. The molecule has 3 rings (SSSR count). The molecule has 1 aromatic rings. The van der Waals surface area contributed by atoms with E-state index in [-0.39, 0.29) is 12.8 Å². The Hall–Kier alpha value is -2.41. The molecule has 24 heavy (non-hydrogen) atoms. The van der Waals surface area contributed by atoms with Crippen molar-refractivity contribution in [2.24, 2.45) is 11.8 Å². The first-order valence-electron chi connectivity index (χ1n) is 8.20. The van der Waals surface area contributed by atoms with Gasteiger partial charge in [-0.25, -0.2) is 0 Å². The van der Waals surface area contributed by atoms with E-state index in [1.54, 1.807) is 6.92 Å². The van der Waals surface area contributed by atoms with E-state index in [0.717, 1.165) is 12.1 Å². The van der Waals surface area contributed by atoms with Crippen molar-refractivity contribution in [3.05, 3.63) is 35.9 Å². The Labute approximate surface area is 141 Å². The molecule has 0 unspecified atom stereocenters. The standard InChI is InChI=1S/C18H20N4O2/c1-2-24-18(23)16-14(10-19)15(11-20)17-21(8-9-22(16)17)12-13-6-4-3-5-7-13/h3-7,14-17H,2,8-9,12H2,1H3/t14-,15-,16+,17+/m1/s1. The summed E-state index contributed by atoms with van der Waals surface area (Å²) in [5.74, 6) is -1.57. The van der Waals surface area contributed by atoms with Gasteiger partial charge in [0, 0.05) is 19.6 Å². The molecule has 2 saturated heterocycles. The molecule has 124 valence electrons. The molecular formula is C18H20N4O2. The van der Waals surface area contributed by atoms with Gasteiger partial charge in [-0.15, -0.1) is 0 Å². The van der Waals surface area contributed by atoms with Gasteiger partial charge in [-0.05, 0) is 12.5 Å². The van der Waals surface area contributed by atoms with E-state index in [4.69, 9.17) is 4.74 Å². The third-order valence-electron chi connectivity index (χ3n) is 4.82. The monoisotopic (exact) mass is 324 g/mol. The minimum Gasteiger partial charge on any atom is -0.465 e. The summed E-state index contributed by atoms with van der Waals surface area (Å²) in [4.78, 5) is 16.5. The molecule has 0 N–H and O–H groups in total. The van der Waals surface area contributed by atoms with E-state index in [1.807, 2.05) is 35.2 Å². The van der Waals surface area contributed by atoms with Gasteiger partial charge in [-0.3, -0.25) is 14.6 Å². The summed E-state index contributed by atoms with van der Waals surface area (Å²) in [6.07, 6.45) is -0.214. The predicted octanol–water partition coefficient (Wildman–Crippen LogP) is 1.36. The zero-order valence-corrected chi connectivity index (χ0v) is 13.6. The first-order chi connectivity index (χ1) is 11.7. The molecule has 0 radical (unpaired) electrons. The fraction of sp³-hybridized carbons (Fsp3) is 0.500. The van der Waals surface area contributed by atoms with Crippen molar-refractivity contribution in [1.82, 2.24) is 9.80 Å². The van der Waals surface area contributed by atoms with Gasteiger partial charge in [0.1, 0.15) is 6.04 Å². The van der Waals surface area contributed by atoms with Crippen LogP contribution in [-0.4, -0.2) is 47.7 Å². The summed E-state index contributed by atoms with van der Waals surface area (Å²) >= 11 is 0. The summed E-state index contributed by atoms with van der Waals surface area (Å²) in [5, 5.41) is 19.2. The molecule has 0 aliphatic carbocycles. The summed E-state index contributed by atoms with van der Waals surface area (Å²) in [5.41, 5.74) is 1.16. The van der Waals surface area contributed by atoms with Gasteiger partial charge < -0.3 is 4.74 Å². The molecule has 0 saturated carbocycles.